The summed E-state index contributed by atoms with van der Waals surface area (Å²) in [4.78, 5) is 35.5. The van der Waals surface area contributed by atoms with E-state index in [0.29, 0.717) is 128 Å². The number of rotatable bonds is 37. The minimum absolute atomic E-state index is 0.0000285. The number of nitrogens with one attached hydrogen (secondary N) is 5. The van der Waals surface area contributed by atoms with Crippen LogP contribution in [0, 0.1) is 27.7 Å². The minimum Gasteiger partial charge on any atom is -0.507 e. The Bertz CT molecular complexity index is 7530. The summed E-state index contributed by atoms with van der Waals surface area (Å²) in [6.07, 6.45) is 0. The molecule has 55 nitrogen and oxygen atoms in total. The number of aromatic hydroxyl groups is 3. The molecule has 0 amide bonds. The number of phenols is 3. The second-order valence-corrected chi connectivity index (χ2v) is 37.4. The number of hydrogen-bond acceptors (Lipinski definition) is 58. The first-order valence-corrected chi connectivity index (χ1v) is 47.6. The molecule has 14 aromatic rings. The number of benzene rings is 11. The van der Waals surface area contributed by atoms with Crippen molar-refractivity contribution >= 4 is 302 Å². The maximum absolute atomic E-state index is 12.8. The number of nitrogen functional groups attached to an aromatic ring is 5. The Hall–Kier alpha value is -12.3. The van der Waals surface area contributed by atoms with Crippen LogP contribution in [0.5, 0.6) is 17.2 Å². The molecule has 0 saturated heterocycles. The molecule has 0 fully saturated rings. The van der Waals surface area contributed by atoms with E-state index in [4.69, 9.17) is 111 Å². The predicted molar refractivity (Wildman–Crippen MR) is 512 cm³/mol. The van der Waals surface area contributed by atoms with Crippen LogP contribution in [0.4, 0.5) is 121 Å². The van der Waals surface area contributed by atoms with Gasteiger partial charge in [0.1, 0.15) is 61.2 Å². The van der Waals surface area contributed by atoms with E-state index in [1.807, 2.05) is 32.9 Å². The Labute approximate surface area is 834 Å². The van der Waals surface area contributed by atoms with E-state index < -0.39 is 78.6 Å². The normalized spacial score (nSPS) is 11.8. The van der Waals surface area contributed by atoms with Crippen LogP contribution in [0.25, 0.3) is 32.3 Å². The third-order valence-electron chi connectivity index (χ3n) is 18.3. The zero-order chi connectivity index (χ0) is 102. The van der Waals surface area contributed by atoms with Crippen LogP contribution in [0.1, 0.15) is 22.3 Å². The molecule has 0 aliphatic rings. The quantitative estimate of drug-likeness (QED) is 0.00429. The molecule has 0 aliphatic carbocycles. The fraction of sp³-hybridized carbons (Fsp3) is 0.0548. The van der Waals surface area contributed by atoms with Crippen molar-refractivity contribution in [1.82, 2.24) is 44.9 Å². The van der Waals surface area contributed by atoms with Crippen molar-refractivity contribution in [2.75, 3.05) is 55.3 Å². The lowest BCUT2D eigenvalue weighted by molar-refractivity contribution is -0.432. The third kappa shape index (κ3) is 28.2. The molecule has 14 rings (SSSR count). The highest BCUT2D eigenvalue weighted by Crippen LogP contribution is 2.51. The molecule has 0 spiro atoms. The van der Waals surface area contributed by atoms with E-state index >= 15 is 0 Å². The number of nitrogens with zero attached hydrogens (tertiary/aromatic N) is 15. The van der Waals surface area contributed by atoms with Crippen molar-refractivity contribution in [1.29, 1.82) is 0 Å². The fourth-order valence-electron chi connectivity index (χ4n) is 12.1. The van der Waals surface area contributed by atoms with Gasteiger partial charge in [-0.1, -0.05) is 30.2 Å². The molecule has 0 radical (unpaired) electrons. The number of aryl methyl sites for hydroxylation is 4. The molecule has 0 unspecified atom stereocenters. The van der Waals surface area contributed by atoms with Gasteiger partial charge in [0.25, 0.3) is 30.4 Å². The summed E-state index contributed by atoms with van der Waals surface area (Å²) in [5.41, 5.74) is 34.3. The number of anilines is 15. The van der Waals surface area contributed by atoms with Crippen molar-refractivity contribution in [3.63, 3.8) is 0 Å². The van der Waals surface area contributed by atoms with Crippen molar-refractivity contribution in [3.05, 3.63) is 177 Å². The zero-order valence-corrected chi connectivity index (χ0v) is 80.6. The second kappa shape index (κ2) is 48.0. The minimum atomic E-state index is -5.20. The number of nitrogens with two attached hydrogens (primary N) is 5. The fourth-order valence-corrected chi connectivity index (χ4v) is 17.4. The smallest absolute Gasteiger partial charge is 0.296 e. The van der Waals surface area contributed by atoms with Gasteiger partial charge in [-0.2, -0.15) is 70.1 Å². The van der Waals surface area contributed by atoms with Crippen LogP contribution >= 0.6 is 119 Å². The summed E-state index contributed by atoms with van der Waals surface area (Å²) < 4.78 is 131. The summed E-state index contributed by atoms with van der Waals surface area (Å²) in [7, 11) is -15.4. The van der Waals surface area contributed by atoms with Crippen LogP contribution in [0.2, 0.25) is 21.1 Å². The molecule has 3 heterocycles. The first kappa shape index (κ1) is 108. The molecule has 0 bridgehead atoms. The first-order chi connectivity index (χ1) is 67.0. The van der Waals surface area contributed by atoms with Crippen LogP contribution in [-0.2, 0) is 86.6 Å². The Morgan fingerprint density at radius 2 is 0.638 bits per heavy atom. The SMILES string of the molecule is Cc1cc(N)c(N)cc1C.Cc1cc(Nc2nc(Cl)nc(Nc3ccc(N=Nc4c(N)c(SOOO)cc5cc(SOOO)cc(O)c45)c(SOOO)c3)n2)c(Nc2nc(Cl)nc(Nc3ccc(N=Nc4c(N)c(S(=O)(=O)O)cc5cc(S(=O)(=O)O)cc(O)c45)c(S(=O)(=O)O)c3)n2)cc1C.Nc1c(SOOO)cc2cc(SOOO)cc(O)c2c1N=Nc1ccc(Nc2nc(Cl)nc(Cl)n2)cc1SOOO. The van der Waals surface area contributed by atoms with Gasteiger partial charge in [0.15, 0.2) is 0 Å². The number of fused-ring (bicyclic) bond motifs is 3. The van der Waals surface area contributed by atoms with Crippen molar-refractivity contribution in [2.24, 2.45) is 30.7 Å². The summed E-state index contributed by atoms with van der Waals surface area (Å²) in [5.74, 6) is -2.18. The Morgan fingerprint density at radius 3 is 1.02 bits per heavy atom. The molecule has 740 valence electrons. The molecular weight excluding hydrogens is 2140 g/mol. The number of hydrogen-bond donors (Lipinski definition) is 22. The van der Waals surface area contributed by atoms with Crippen LogP contribution < -0.4 is 55.3 Å². The summed E-state index contributed by atoms with van der Waals surface area (Å²) in [6.45, 7) is 7.66. The van der Waals surface area contributed by atoms with Gasteiger partial charge in [-0.3, -0.25) is 13.7 Å². The molecule has 68 heteroatoms. The third-order valence-corrected chi connectivity index (χ3v) is 25.3. The highest BCUT2D eigenvalue weighted by atomic mass is 35.5. The van der Waals surface area contributed by atoms with Crippen LogP contribution in [-0.4, -0.2) is 131 Å². The van der Waals surface area contributed by atoms with E-state index in [9.17, 15) is 54.2 Å². The molecule has 0 atom stereocenters. The Kier molecular flexibility index (Phi) is 36.6. The van der Waals surface area contributed by atoms with E-state index in [1.54, 1.807) is 31.2 Å². The zero-order valence-electron chi connectivity index (χ0n) is 70.2. The summed E-state index contributed by atoms with van der Waals surface area (Å²) in [5, 5.41) is 146. The van der Waals surface area contributed by atoms with Gasteiger partial charge in [-0.15, -0.1) is 56.7 Å². The van der Waals surface area contributed by atoms with Crippen molar-refractivity contribution in [2.45, 2.75) is 71.8 Å². The maximum atomic E-state index is 12.8. The van der Waals surface area contributed by atoms with Gasteiger partial charge in [0.05, 0.1) is 153 Å². The lowest BCUT2D eigenvalue weighted by Gasteiger charge is -2.16. The van der Waals surface area contributed by atoms with Gasteiger partial charge in [0, 0.05) is 32.9 Å². The number of halogens is 4. The molecular formula is C73H61Cl4N25O30S9. The van der Waals surface area contributed by atoms with Gasteiger partial charge in [-0.05, 0) is 240 Å². The topological polar surface area (TPSA) is 836 Å². The highest BCUT2D eigenvalue weighted by Gasteiger charge is 2.28. The second-order valence-electron chi connectivity index (χ2n) is 27.3. The van der Waals surface area contributed by atoms with E-state index in [1.165, 1.54) is 77.9 Å². The Balaban J connectivity index is 0.000000285. The molecule has 3 aromatic heterocycles. The molecule has 0 saturated carbocycles. The molecule has 27 N–H and O–H groups in total. The monoisotopic (exact) mass is 2200 g/mol. The number of azo groups is 3. The summed E-state index contributed by atoms with van der Waals surface area (Å²) in [6, 6.07) is 29.9. The van der Waals surface area contributed by atoms with Crippen molar-refractivity contribution < 1.29 is 142 Å². The molecule has 0 aliphatic heterocycles. The highest BCUT2D eigenvalue weighted by molar-refractivity contribution is 7.96. The summed E-state index contributed by atoms with van der Waals surface area (Å²) >= 11 is 27.7. The van der Waals surface area contributed by atoms with Gasteiger partial charge < -0.3 is 70.6 Å². The van der Waals surface area contributed by atoms with Crippen LogP contribution in [0.3, 0.4) is 0 Å². The average molecular weight is 2200 g/mol. The average Bonchev–Trinajstić information content (AvgIpc) is 0.744. The van der Waals surface area contributed by atoms with E-state index in [2.05, 4.69) is 154 Å². The van der Waals surface area contributed by atoms with Gasteiger partial charge in [-0.25, -0.2) is 31.5 Å². The van der Waals surface area contributed by atoms with E-state index in [-0.39, 0.29) is 143 Å². The first-order valence-electron chi connectivity index (χ1n) is 37.3. The van der Waals surface area contributed by atoms with E-state index in [0.717, 1.165) is 29.3 Å². The largest absolute Gasteiger partial charge is 0.507 e. The van der Waals surface area contributed by atoms with Gasteiger partial charge >= 0.3 is 0 Å². The van der Waals surface area contributed by atoms with Crippen LogP contribution in [0.15, 0.2) is 208 Å². The van der Waals surface area contributed by atoms with Crippen molar-refractivity contribution in [3.8, 4) is 17.2 Å². The maximum Gasteiger partial charge on any atom is 0.296 e. The molecule has 11 aromatic carbocycles. The standard InChI is InChI=1S/C46H36Cl2N16O20S6.C19H13Cl2N7O10S3.C8H12N2/c1-17-7-27(53-45-57-41(47)55-43(59-45)51-21-3-5-25(31(13-21)86-83-80-68)61-63-39-35-19(11-32(37(39)49)87-84-81-69)9-23(15-29(35)65)85-82-79-67)28(8-18(17)2)54-46-58-42(48)56-44(60-46)52-22-4-6-26(33(14-22)89(73,74)75)62-64-40-36-20(12-34(38(40)50)90(76,77)78)10-24(16-30(36)66)88(70,71)72;20-17-24-18(21)26-19(25-17)23-8-1-2-10(12(5-8)40-37-34-31)27-28-16-14-7(4-13(15(16)22)41-38-35-32)3-9(6-11(14)29)39-36-33-30;1-5-3-7(9)8(10)4-6(5)2/h3-16,65-69H,49-50H2,1-2H3,(H,70,71,72)(H,73,74,75)(H,76,77,78)(H2,51,53,55,57,59)(H2,52,54,56,58,60);1-6,29-32H,22H2,(H,23,24,25,26);3-4H,9-10H2,1-2H3. The van der Waals surface area contributed by atoms with Gasteiger partial charge in [0.2, 0.25) is 50.9 Å². The predicted octanol–water partition coefficient (Wildman–Crippen LogP) is 20.2. The number of aromatic nitrogens is 9. The molecule has 141 heavy (non-hydrogen) atoms. The Morgan fingerprint density at radius 1 is 0.319 bits per heavy atom. The lowest BCUT2D eigenvalue weighted by atomic mass is 10.1. The number of phenolic OH excluding ortho intramolecular Hbond substituents is 3. The lowest BCUT2D eigenvalue weighted by Crippen LogP contribution is -2.08.